The van der Waals surface area contributed by atoms with Crippen molar-refractivity contribution >= 4 is 8.32 Å². The van der Waals surface area contributed by atoms with Crippen molar-refractivity contribution in [2.75, 3.05) is 6.61 Å². The van der Waals surface area contributed by atoms with E-state index in [0.717, 1.165) is 25.9 Å². The average Bonchev–Trinajstić information content (AvgIpc) is 3.06. The Balaban J connectivity index is 1.54. The Hall–Kier alpha value is -0.163. The van der Waals surface area contributed by atoms with E-state index < -0.39 is 8.32 Å². The number of hydrogen-bond donors (Lipinski definition) is 0. The van der Waals surface area contributed by atoms with E-state index in [1.54, 1.807) is 0 Å². The fraction of sp³-hybridized carbons (Fsp3) is 0.895. The van der Waals surface area contributed by atoms with Gasteiger partial charge in [0, 0.05) is 18.8 Å². The van der Waals surface area contributed by atoms with Crippen LogP contribution >= 0.6 is 0 Å². The maximum absolute atomic E-state index is 6.55. The van der Waals surface area contributed by atoms with Crippen molar-refractivity contribution in [3.8, 4) is 0 Å². The second-order valence-electron chi connectivity index (χ2n) is 9.14. The number of ether oxygens (including phenoxy) is 2. The Kier molecular flexibility index (Phi) is 4.82. The molecular formula is C19H34O3Si. The largest absolute Gasteiger partial charge is 0.411 e. The van der Waals surface area contributed by atoms with Crippen molar-refractivity contribution in [3.63, 3.8) is 0 Å². The van der Waals surface area contributed by atoms with Crippen LogP contribution in [-0.4, -0.2) is 32.9 Å². The highest BCUT2D eigenvalue weighted by Crippen LogP contribution is 2.43. The molecule has 1 aliphatic heterocycles. The molecule has 1 saturated carbocycles. The third-order valence-corrected chi connectivity index (χ3v) is 10.8. The van der Waals surface area contributed by atoms with Crippen LogP contribution in [0.2, 0.25) is 18.1 Å². The maximum Gasteiger partial charge on any atom is 0.192 e. The molecule has 0 aromatic rings. The van der Waals surface area contributed by atoms with Crippen LogP contribution in [0.3, 0.4) is 0 Å². The van der Waals surface area contributed by atoms with Gasteiger partial charge in [-0.2, -0.15) is 0 Å². The van der Waals surface area contributed by atoms with Crippen LogP contribution in [0.15, 0.2) is 12.2 Å². The summed E-state index contributed by atoms with van der Waals surface area (Å²) in [5, 5.41) is 0.262. The third kappa shape index (κ3) is 3.76. The normalized spacial score (nSPS) is 34.4. The van der Waals surface area contributed by atoms with Crippen molar-refractivity contribution in [2.24, 2.45) is 5.92 Å². The molecule has 0 aromatic carbocycles. The molecule has 0 aromatic heterocycles. The Bertz CT molecular complexity index is 446. The SMILES string of the molecule is CC(C)(C)[Si](C)(C)O[C@H]1C=C[C@@H]([C@H]2COC3(CCCCC3)O2)C1. The summed E-state index contributed by atoms with van der Waals surface area (Å²) in [6.07, 6.45) is 12.1. The van der Waals surface area contributed by atoms with Crippen LogP contribution in [0.1, 0.15) is 59.3 Å². The lowest BCUT2D eigenvalue weighted by atomic mass is 9.94. The zero-order valence-corrected chi connectivity index (χ0v) is 16.6. The fourth-order valence-electron chi connectivity index (χ4n) is 3.75. The summed E-state index contributed by atoms with van der Waals surface area (Å²) in [5.74, 6) is 0.195. The first-order chi connectivity index (χ1) is 10.7. The quantitative estimate of drug-likeness (QED) is 0.533. The molecule has 4 heteroatoms. The molecule has 2 aliphatic carbocycles. The van der Waals surface area contributed by atoms with E-state index in [1.807, 2.05) is 0 Å². The smallest absolute Gasteiger partial charge is 0.192 e. The number of hydrogen-bond acceptors (Lipinski definition) is 3. The Morgan fingerprint density at radius 1 is 1.09 bits per heavy atom. The summed E-state index contributed by atoms with van der Waals surface area (Å²) in [7, 11) is -1.70. The fourth-order valence-corrected chi connectivity index (χ4v) is 5.04. The van der Waals surface area contributed by atoms with Gasteiger partial charge in [-0.3, -0.25) is 0 Å². The zero-order chi connectivity index (χ0) is 16.7. The first-order valence-corrected chi connectivity index (χ1v) is 12.3. The van der Waals surface area contributed by atoms with Gasteiger partial charge in [0.2, 0.25) is 0 Å². The second-order valence-corrected chi connectivity index (χ2v) is 13.9. The Labute approximate surface area is 142 Å². The monoisotopic (exact) mass is 338 g/mol. The predicted molar refractivity (Wildman–Crippen MR) is 96.0 cm³/mol. The summed E-state index contributed by atoms with van der Waals surface area (Å²) in [4.78, 5) is 0. The third-order valence-electron chi connectivity index (χ3n) is 6.30. The molecule has 0 unspecified atom stereocenters. The van der Waals surface area contributed by atoms with E-state index in [9.17, 15) is 0 Å². The van der Waals surface area contributed by atoms with Gasteiger partial charge < -0.3 is 13.9 Å². The van der Waals surface area contributed by atoms with Gasteiger partial charge >= 0.3 is 0 Å². The standard InChI is InChI=1S/C19H34O3Si/c1-18(2,3)23(4,5)22-16-10-9-15(13-16)17-14-20-19(21-17)11-7-6-8-12-19/h9-10,15-17H,6-8,11-14H2,1-5H3/t15-,16+,17-/m1/s1. The minimum absolute atomic E-state index is 0.220. The molecule has 3 rings (SSSR count). The Morgan fingerprint density at radius 2 is 1.78 bits per heavy atom. The van der Waals surface area contributed by atoms with Gasteiger partial charge in [-0.05, 0) is 37.4 Å². The molecular weight excluding hydrogens is 304 g/mol. The molecule has 3 aliphatic rings. The van der Waals surface area contributed by atoms with E-state index in [-0.39, 0.29) is 23.0 Å². The highest BCUT2D eigenvalue weighted by Gasteiger charge is 2.46. The van der Waals surface area contributed by atoms with Crippen molar-refractivity contribution < 1.29 is 13.9 Å². The van der Waals surface area contributed by atoms with Gasteiger partial charge in [-0.25, -0.2) is 0 Å². The summed E-state index contributed by atoms with van der Waals surface area (Å²) >= 11 is 0. The van der Waals surface area contributed by atoms with Crippen LogP contribution in [0.5, 0.6) is 0 Å². The van der Waals surface area contributed by atoms with Crippen LogP contribution in [0.4, 0.5) is 0 Å². The topological polar surface area (TPSA) is 27.7 Å². The highest BCUT2D eigenvalue weighted by atomic mass is 28.4. The van der Waals surface area contributed by atoms with Gasteiger partial charge in [0.25, 0.3) is 0 Å². The van der Waals surface area contributed by atoms with Crippen molar-refractivity contribution in [1.29, 1.82) is 0 Å². The first-order valence-electron chi connectivity index (χ1n) is 9.39. The minimum Gasteiger partial charge on any atom is -0.411 e. The van der Waals surface area contributed by atoms with E-state index in [2.05, 4.69) is 46.0 Å². The Morgan fingerprint density at radius 3 is 2.43 bits per heavy atom. The molecule has 132 valence electrons. The van der Waals surface area contributed by atoms with E-state index in [4.69, 9.17) is 13.9 Å². The molecule has 3 nitrogen and oxygen atoms in total. The average molecular weight is 339 g/mol. The lowest BCUT2D eigenvalue weighted by Crippen LogP contribution is -2.43. The molecule has 23 heavy (non-hydrogen) atoms. The van der Waals surface area contributed by atoms with Crippen LogP contribution in [0.25, 0.3) is 0 Å². The molecule has 1 saturated heterocycles. The van der Waals surface area contributed by atoms with Gasteiger partial charge in [0.05, 0.1) is 18.8 Å². The molecule has 0 amide bonds. The summed E-state index contributed by atoms with van der Waals surface area (Å²) in [6.45, 7) is 12.3. The summed E-state index contributed by atoms with van der Waals surface area (Å²) in [6, 6.07) is 0. The number of rotatable bonds is 3. The molecule has 0 radical (unpaired) electrons. The lowest BCUT2D eigenvalue weighted by Gasteiger charge is -2.38. The molecule has 3 atom stereocenters. The molecule has 0 N–H and O–H groups in total. The molecule has 0 bridgehead atoms. The van der Waals surface area contributed by atoms with Crippen LogP contribution in [-0.2, 0) is 13.9 Å². The first kappa shape index (κ1) is 17.7. The molecule has 2 fully saturated rings. The van der Waals surface area contributed by atoms with Crippen molar-refractivity contribution in [3.05, 3.63) is 12.2 Å². The zero-order valence-electron chi connectivity index (χ0n) is 15.6. The lowest BCUT2D eigenvalue weighted by molar-refractivity contribution is -0.190. The van der Waals surface area contributed by atoms with Crippen molar-refractivity contribution in [2.45, 2.75) is 95.4 Å². The maximum atomic E-state index is 6.55. The van der Waals surface area contributed by atoms with E-state index in [1.165, 1.54) is 19.3 Å². The summed E-state index contributed by atoms with van der Waals surface area (Å²) in [5.41, 5.74) is 0. The minimum atomic E-state index is -1.70. The van der Waals surface area contributed by atoms with Crippen molar-refractivity contribution in [1.82, 2.24) is 0 Å². The molecule has 1 heterocycles. The van der Waals surface area contributed by atoms with E-state index in [0.29, 0.717) is 5.92 Å². The van der Waals surface area contributed by atoms with Crippen LogP contribution in [0, 0.1) is 5.92 Å². The van der Waals surface area contributed by atoms with Crippen LogP contribution < -0.4 is 0 Å². The van der Waals surface area contributed by atoms with E-state index >= 15 is 0 Å². The predicted octanol–water partition coefficient (Wildman–Crippen LogP) is 5.03. The molecule has 1 spiro atoms. The van der Waals surface area contributed by atoms with Gasteiger partial charge in [-0.15, -0.1) is 0 Å². The highest BCUT2D eigenvalue weighted by molar-refractivity contribution is 6.74. The summed E-state index contributed by atoms with van der Waals surface area (Å²) < 4.78 is 19.1. The van der Waals surface area contributed by atoms with Gasteiger partial charge in [0.1, 0.15) is 0 Å². The second kappa shape index (κ2) is 6.29. The van der Waals surface area contributed by atoms with Gasteiger partial charge in [0.15, 0.2) is 14.1 Å². The van der Waals surface area contributed by atoms with Gasteiger partial charge in [-0.1, -0.05) is 39.3 Å².